The minimum atomic E-state index is -3.09. The highest BCUT2D eigenvalue weighted by Gasteiger charge is 2.36. The normalized spacial score (nSPS) is 21.5. The van der Waals surface area contributed by atoms with Gasteiger partial charge in [0.25, 0.3) is 0 Å². The second kappa shape index (κ2) is 6.12. The first-order valence-electron chi connectivity index (χ1n) is 7.99. The van der Waals surface area contributed by atoms with Crippen molar-refractivity contribution in [1.82, 2.24) is 14.3 Å². The Morgan fingerprint density at radius 2 is 1.86 bits per heavy atom. The first kappa shape index (κ1) is 15.7. The molecule has 1 N–H and O–H groups in total. The molecular formula is C15H24N4O2S. The van der Waals surface area contributed by atoms with Crippen LogP contribution < -0.4 is 5.32 Å². The SMILES string of the molecule is Cc1cc(NC2CCCCC2)nc(C2CN(S(C)(=O)=O)C2)n1. The zero-order valence-electron chi connectivity index (χ0n) is 13.2. The van der Waals surface area contributed by atoms with Crippen molar-refractivity contribution < 1.29 is 8.42 Å². The van der Waals surface area contributed by atoms with Gasteiger partial charge in [0.15, 0.2) is 0 Å². The fourth-order valence-corrected chi connectivity index (χ4v) is 4.08. The van der Waals surface area contributed by atoms with Gasteiger partial charge in [0.2, 0.25) is 10.0 Å². The quantitative estimate of drug-likeness (QED) is 0.915. The average Bonchev–Trinajstić information content (AvgIpc) is 2.35. The Balaban J connectivity index is 1.68. The summed E-state index contributed by atoms with van der Waals surface area (Å²) in [7, 11) is -3.09. The zero-order chi connectivity index (χ0) is 15.7. The Morgan fingerprint density at radius 1 is 1.18 bits per heavy atom. The van der Waals surface area contributed by atoms with Crippen molar-refractivity contribution in [1.29, 1.82) is 0 Å². The summed E-state index contributed by atoms with van der Waals surface area (Å²) >= 11 is 0. The van der Waals surface area contributed by atoms with Gasteiger partial charge in [0.05, 0.1) is 6.26 Å². The lowest BCUT2D eigenvalue weighted by atomic mass is 9.95. The molecule has 122 valence electrons. The van der Waals surface area contributed by atoms with Gasteiger partial charge in [-0.2, -0.15) is 0 Å². The predicted molar refractivity (Wildman–Crippen MR) is 86.4 cm³/mol. The van der Waals surface area contributed by atoms with Crippen LogP contribution in [-0.4, -0.2) is 48.1 Å². The van der Waals surface area contributed by atoms with E-state index in [4.69, 9.17) is 0 Å². The maximum atomic E-state index is 11.5. The van der Waals surface area contributed by atoms with Crippen LogP contribution in [0.4, 0.5) is 5.82 Å². The van der Waals surface area contributed by atoms with Gasteiger partial charge in [0.1, 0.15) is 11.6 Å². The maximum Gasteiger partial charge on any atom is 0.211 e. The van der Waals surface area contributed by atoms with Crippen LogP contribution in [0.15, 0.2) is 6.07 Å². The van der Waals surface area contributed by atoms with E-state index in [1.807, 2.05) is 13.0 Å². The molecule has 1 saturated carbocycles. The summed E-state index contributed by atoms with van der Waals surface area (Å²) in [5.74, 6) is 1.76. The summed E-state index contributed by atoms with van der Waals surface area (Å²) in [6.45, 7) is 2.94. The monoisotopic (exact) mass is 324 g/mol. The summed E-state index contributed by atoms with van der Waals surface area (Å²) in [4.78, 5) is 9.12. The molecule has 2 fully saturated rings. The molecule has 1 aromatic heterocycles. The fourth-order valence-electron chi connectivity index (χ4n) is 3.18. The van der Waals surface area contributed by atoms with E-state index >= 15 is 0 Å². The number of anilines is 1. The van der Waals surface area contributed by atoms with Gasteiger partial charge in [-0.05, 0) is 19.8 Å². The van der Waals surface area contributed by atoms with Crippen LogP contribution in [0.5, 0.6) is 0 Å². The maximum absolute atomic E-state index is 11.5. The highest BCUT2D eigenvalue weighted by atomic mass is 32.2. The van der Waals surface area contributed by atoms with Crippen molar-refractivity contribution in [3.63, 3.8) is 0 Å². The van der Waals surface area contributed by atoms with Crippen LogP contribution in [0.2, 0.25) is 0 Å². The smallest absolute Gasteiger partial charge is 0.211 e. The van der Waals surface area contributed by atoms with E-state index in [0.717, 1.165) is 17.3 Å². The highest BCUT2D eigenvalue weighted by Crippen LogP contribution is 2.28. The molecule has 22 heavy (non-hydrogen) atoms. The molecule has 3 rings (SSSR count). The van der Waals surface area contributed by atoms with E-state index in [0.29, 0.717) is 19.1 Å². The number of hydrogen-bond acceptors (Lipinski definition) is 5. The predicted octanol–water partition coefficient (Wildman–Crippen LogP) is 1.89. The van der Waals surface area contributed by atoms with Crippen LogP contribution in [0.25, 0.3) is 0 Å². The average molecular weight is 324 g/mol. The summed E-state index contributed by atoms with van der Waals surface area (Å²) in [5.41, 5.74) is 0.932. The topological polar surface area (TPSA) is 75.2 Å². The summed E-state index contributed by atoms with van der Waals surface area (Å²) < 4.78 is 24.4. The van der Waals surface area contributed by atoms with Crippen molar-refractivity contribution in [3.05, 3.63) is 17.6 Å². The van der Waals surface area contributed by atoms with Crippen molar-refractivity contribution in [2.24, 2.45) is 0 Å². The number of sulfonamides is 1. The van der Waals surface area contributed by atoms with Gasteiger partial charge < -0.3 is 5.32 Å². The lowest BCUT2D eigenvalue weighted by Gasteiger charge is -2.36. The van der Waals surface area contributed by atoms with Crippen LogP contribution in [0, 0.1) is 6.92 Å². The number of aromatic nitrogens is 2. The first-order chi connectivity index (χ1) is 10.4. The fraction of sp³-hybridized carbons (Fsp3) is 0.733. The molecule has 1 aromatic rings. The van der Waals surface area contributed by atoms with Crippen molar-refractivity contribution in [2.75, 3.05) is 24.7 Å². The molecule has 1 aliphatic carbocycles. The number of nitrogens with zero attached hydrogens (tertiary/aromatic N) is 3. The summed E-state index contributed by atoms with van der Waals surface area (Å²) in [5, 5.41) is 3.52. The molecule has 2 aliphatic rings. The molecular weight excluding hydrogens is 300 g/mol. The minimum absolute atomic E-state index is 0.113. The van der Waals surface area contributed by atoms with Gasteiger partial charge in [-0.1, -0.05) is 19.3 Å². The Labute approximate surface area is 132 Å². The molecule has 0 amide bonds. The van der Waals surface area contributed by atoms with E-state index in [-0.39, 0.29) is 5.92 Å². The molecule has 0 radical (unpaired) electrons. The van der Waals surface area contributed by atoms with E-state index in [1.54, 1.807) is 0 Å². The number of rotatable bonds is 4. The number of nitrogens with one attached hydrogen (secondary N) is 1. The van der Waals surface area contributed by atoms with E-state index in [9.17, 15) is 8.42 Å². The van der Waals surface area contributed by atoms with E-state index < -0.39 is 10.0 Å². The van der Waals surface area contributed by atoms with Gasteiger partial charge in [-0.15, -0.1) is 0 Å². The molecule has 0 unspecified atom stereocenters. The zero-order valence-corrected chi connectivity index (χ0v) is 14.1. The van der Waals surface area contributed by atoms with Crippen LogP contribution in [-0.2, 0) is 10.0 Å². The Morgan fingerprint density at radius 3 is 2.50 bits per heavy atom. The number of hydrogen-bond donors (Lipinski definition) is 1. The van der Waals surface area contributed by atoms with Crippen LogP contribution >= 0.6 is 0 Å². The van der Waals surface area contributed by atoms with Crippen molar-refractivity contribution in [3.8, 4) is 0 Å². The molecule has 0 atom stereocenters. The molecule has 2 heterocycles. The van der Waals surface area contributed by atoms with Gasteiger partial charge in [-0.3, -0.25) is 0 Å². The van der Waals surface area contributed by atoms with Crippen molar-refractivity contribution in [2.45, 2.75) is 51.0 Å². The second-order valence-corrected chi connectivity index (χ2v) is 8.49. The molecule has 1 saturated heterocycles. The Hall–Kier alpha value is -1.21. The number of aryl methyl sites for hydroxylation is 1. The molecule has 0 spiro atoms. The Bertz CT molecular complexity index is 635. The van der Waals surface area contributed by atoms with Crippen molar-refractivity contribution >= 4 is 15.8 Å². The van der Waals surface area contributed by atoms with Crippen LogP contribution in [0.1, 0.15) is 49.5 Å². The minimum Gasteiger partial charge on any atom is -0.367 e. The molecule has 0 bridgehead atoms. The summed E-state index contributed by atoms with van der Waals surface area (Å²) in [6, 6.07) is 2.48. The van der Waals surface area contributed by atoms with Gasteiger partial charge >= 0.3 is 0 Å². The third-order valence-corrected chi connectivity index (χ3v) is 5.75. The first-order valence-corrected chi connectivity index (χ1v) is 9.84. The Kier molecular flexibility index (Phi) is 4.36. The van der Waals surface area contributed by atoms with E-state index in [1.165, 1.54) is 42.7 Å². The summed E-state index contributed by atoms with van der Waals surface area (Å²) in [6.07, 6.45) is 7.53. The molecule has 6 nitrogen and oxygen atoms in total. The van der Waals surface area contributed by atoms with Gasteiger partial charge in [0, 0.05) is 36.8 Å². The van der Waals surface area contributed by atoms with Crippen LogP contribution in [0.3, 0.4) is 0 Å². The lowest BCUT2D eigenvalue weighted by Crippen LogP contribution is -2.48. The third kappa shape index (κ3) is 3.57. The lowest BCUT2D eigenvalue weighted by molar-refractivity contribution is 0.257. The van der Waals surface area contributed by atoms with E-state index in [2.05, 4.69) is 15.3 Å². The standard InChI is InChI=1S/C15H24N4O2S/c1-11-8-14(17-13-6-4-3-5-7-13)18-15(16-11)12-9-19(10-12)22(2,20)21/h8,12-13H,3-7,9-10H2,1-2H3,(H,16,17,18). The third-order valence-electron chi connectivity index (χ3n) is 4.51. The molecule has 7 heteroatoms. The largest absolute Gasteiger partial charge is 0.367 e. The highest BCUT2D eigenvalue weighted by molar-refractivity contribution is 7.88. The molecule has 0 aromatic carbocycles. The second-order valence-electron chi connectivity index (χ2n) is 6.51. The van der Waals surface area contributed by atoms with Gasteiger partial charge in [-0.25, -0.2) is 22.7 Å². The molecule has 1 aliphatic heterocycles.